The van der Waals surface area contributed by atoms with E-state index in [1.54, 1.807) is 7.11 Å². The zero-order valence-electron chi connectivity index (χ0n) is 9.92. The van der Waals surface area contributed by atoms with Gasteiger partial charge in [0.05, 0.1) is 11.4 Å². The molecule has 0 aliphatic heterocycles. The van der Waals surface area contributed by atoms with Gasteiger partial charge in [-0.05, 0) is 19.4 Å². The molecule has 2 atom stereocenters. The van der Waals surface area contributed by atoms with Gasteiger partial charge in [0.1, 0.15) is 0 Å². The van der Waals surface area contributed by atoms with Crippen molar-refractivity contribution in [2.75, 3.05) is 33.9 Å². The van der Waals surface area contributed by atoms with E-state index in [0.717, 1.165) is 19.1 Å². The zero-order chi connectivity index (χ0) is 11.0. The molecule has 0 aromatic rings. The summed E-state index contributed by atoms with van der Waals surface area (Å²) < 4.78 is 5.08. The second-order valence-corrected chi connectivity index (χ2v) is 5.46. The number of alkyl halides is 1. The average Bonchev–Trinajstić information content (AvgIpc) is 2.03. The molecule has 0 N–H and O–H groups in total. The summed E-state index contributed by atoms with van der Waals surface area (Å²) in [5.74, 6) is 0.798. The molecule has 0 spiro atoms. The van der Waals surface area contributed by atoms with Gasteiger partial charge in [-0.1, -0.05) is 36.2 Å². The predicted molar refractivity (Wildman–Crippen MR) is 66.2 cm³/mol. The van der Waals surface area contributed by atoms with Crippen molar-refractivity contribution in [3.63, 3.8) is 0 Å². The maximum Gasteiger partial charge on any atom is 0.0600 e. The molecule has 14 heavy (non-hydrogen) atoms. The van der Waals surface area contributed by atoms with Gasteiger partial charge in [0.15, 0.2) is 0 Å². The summed E-state index contributed by atoms with van der Waals surface area (Å²) in [5, 5.41) is 0. The third-order valence-corrected chi connectivity index (χ3v) is 2.82. The Labute approximate surface area is 97.1 Å². The summed E-state index contributed by atoms with van der Waals surface area (Å²) in [6, 6.07) is 0. The van der Waals surface area contributed by atoms with Crippen LogP contribution in [0.4, 0.5) is 0 Å². The smallest absolute Gasteiger partial charge is 0.0600 e. The highest BCUT2D eigenvalue weighted by atomic mass is 79.9. The number of ether oxygens (including phenoxy) is 1. The van der Waals surface area contributed by atoms with E-state index in [4.69, 9.17) is 4.74 Å². The van der Waals surface area contributed by atoms with Gasteiger partial charge in [-0.3, -0.25) is 0 Å². The molecule has 0 saturated heterocycles. The maximum atomic E-state index is 5.08. The first kappa shape index (κ1) is 14.4. The third kappa shape index (κ3) is 7.77. The van der Waals surface area contributed by atoms with Crippen molar-refractivity contribution in [3.05, 3.63) is 0 Å². The fourth-order valence-corrected chi connectivity index (χ4v) is 2.52. The van der Waals surface area contributed by atoms with Crippen molar-refractivity contribution in [1.29, 1.82) is 0 Å². The van der Waals surface area contributed by atoms with Crippen LogP contribution in [0.15, 0.2) is 0 Å². The van der Waals surface area contributed by atoms with Gasteiger partial charge in [0.2, 0.25) is 0 Å². The van der Waals surface area contributed by atoms with Gasteiger partial charge in [-0.25, -0.2) is 0 Å². The Kier molecular flexibility index (Phi) is 8.94. The summed E-state index contributed by atoms with van der Waals surface area (Å²) >= 11 is 3.60. The SMILES string of the molecule is CCCC(C)CN(C)CC(Br)COC. The number of halogens is 1. The molecule has 0 rings (SSSR count). The molecule has 0 bridgehead atoms. The molecule has 0 heterocycles. The van der Waals surface area contributed by atoms with E-state index in [1.807, 2.05) is 0 Å². The fourth-order valence-electron chi connectivity index (χ4n) is 1.76. The van der Waals surface area contributed by atoms with Crippen molar-refractivity contribution in [2.24, 2.45) is 5.92 Å². The standard InChI is InChI=1S/C11H24BrNO/c1-5-6-10(2)7-13(3)8-11(12)9-14-4/h10-11H,5-9H2,1-4H3. The van der Waals surface area contributed by atoms with Crippen molar-refractivity contribution >= 4 is 15.9 Å². The van der Waals surface area contributed by atoms with E-state index in [-0.39, 0.29) is 0 Å². The fraction of sp³-hybridized carbons (Fsp3) is 1.00. The first-order chi connectivity index (χ1) is 6.60. The minimum atomic E-state index is 0.450. The van der Waals surface area contributed by atoms with Crippen LogP contribution in [0.25, 0.3) is 0 Å². The van der Waals surface area contributed by atoms with Crippen molar-refractivity contribution in [2.45, 2.75) is 31.5 Å². The van der Waals surface area contributed by atoms with Crippen molar-refractivity contribution < 1.29 is 4.74 Å². The number of hydrogen-bond acceptors (Lipinski definition) is 2. The van der Waals surface area contributed by atoms with E-state index in [1.165, 1.54) is 19.4 Å². The molecule has 0 fully saturated rings. The Hall–Kier alpha value is 0.400. The Morgan fingerprint density at radius 1 is 1.36 bits per heavy atom. The number of methoxy groups -OCH3 is 1. The summed E-state index contributed by atoms with van der Waals surface area (Å²) in [4.78, 5) is 2.82. The first-order valence-electron chi connectivity index (χ1n) is 5.41. The Balaban J connectivity index is 3.57. The highest BCUT2D eigenvalue weighted by Gasteiger charge is 2.10. The number of rotatable bonds is 8. The van der Waals surface area contributed by atoms with Gasteiger partial charge < -0.3 is 9.64 Å². The quantitative estimate of drug-likeness (QED) is 0.626. The normalized spacial score (nSPS) is 15.9. The van der Waals surface area contributed by atoms with Gasteiger partial charge in [-0.2, -0.15) is 0 Å². The second kappa shape index (κ2) is 8.69. The Bertz CT molecular complexity index is 118. The molecular weight excluding hydrogens is 242 g/mol. The Morgan fingerprint density at radius 2 is 2.00 bits per heavy atom. The van der Waals surface area contributed by atoms with E-state index in [9.17, 15) is 0 Å². The van der Waals surface area contributed by atoms with Gasteiger partial charge in [-0.15, -0.1) is 0 Å². The monoisotopic (exact) mass is 265 g/mol. The zero-order valence-corrected chi connectivity index (χ0v) is 11.5. The molecule has 0 amide bonds. The number of hydrogen-bond donors (Lipinski definition) is 0. The lowest BCUT2D eigenvalue weighted by Gasteiger charge is -2.23. The van der Waals surface area contributed by atoms with Crippen LogP contribution >= 0.6 is 15.9 Å². The summed E-state index contributed by atoms with van der Waals surface area (Å²) in [7, 11) is 3.92. The first-order valence-corrected chi connectivity index (χ1v) is 6.33. The van der Waals surface area contributed by atoms with Crippen LogP contribution in [0.3, 0.4) is 0 Å². The number of nitrogens with zero attached hydrogens (tertiary/aromatic N) is 1. The second-order valence-electron chi connectivity index (χ2n) is 4.17. The topological polar surface area (TPSA) is 12.5 Å². The lowest BCUT2D eigenvalue weighted by Crippen LogP contribution is -2.31. The van der Waals surface area contributed by atoms with Crippen LogP contribution < -0.4 is 0 Å². The van der Waals surface area contributed by atoms with E-state index >= 15 is 0 Å². The van der Waals surface area contributed by atoms with Crippen LogP contribution in [0, 0.1) is 5.92 Å². The molecule has 0 aliphatic carbocycles. The molecule has 3 heteroatoms. The Morgan fingerprint density at radius 3 is 2.50 bits per heavy atom. The van der Waals surface area contributed by atoms with Gasteiger partial charge >= 0.3 is 0 Å². The summed E-state index contributed by atoms with van der Waals surface area (Å²) in [6.45, 7) is 7.59. The lowest BCUT2D eigenvalue weighted by atomic mass is 10.1. The molecule has 0 aliphatic rings. The maximum absolute atomic E-state index is 5.08. The molecule has 86 valence electrons. The molecular formula is C11H24BrNO. The van der Waals surface area contributed by atoms with E-state index < -0.39 is 0 Å². The molecule has 2 nitrogen and oxygen atoms in total. The highest BCUT2D eigenvalue weighted by molar-refractivity contribution is 9.09. The van der Waals surface area contributed by atoms with Crippen LogP contribution in [0.1, 0.15) is 26.7 Å². The van der Waals surface area contributed by atoms with E-state index in [2.05, 4.69) is 41.7 Å². The molecule has 0 aromatic carbocycles. The largest absolute Gasteiger partial charge is 0.383 e. The van der Waals surface area contributed by atoms with E-state index in [0.29, 0.717) is 4.83 Å². The minimum Gasteiger partial charge on any atom is -0.383 e. The van der Waals surface area contributed by atoms with Crippen LogP contribution in [-0.4, -0.2) is 43.6 Å². The van der Waals surface area contributed by atoms with Crippen LogP contribution in [-0.2, 0) is 4.74 Å². The average molecular weight is 266 g/mol. The third-order valence-electron chi connectivity index (χ3n) is 2.26. The van der Waals surface area contributed by atoms with Crippen molar-refractivity contribution in [1.82, 2.24) is 4.90 Å². The molecule has 2 unspecified atom stereocenters. The van der Waals surface area contributed by atoms with Crippen LogP contribution in [0.2, 0.25) is 0 Å². The minimum absolute atomic E-state index is 0.450. The van der Waals surface area contributed by atoms with Crippen molar-refractivity contribution in [3.8, 4) is 0 Å². The molecule has 0 aromatic heterocycles. The lowest BCUT2D eigenvalue weighted by molar-refractivity contribution is 0.181. The van der Waals surface area contributed by atoms with Gasteiger partial charge in [0, 0.05) is 20.2 Å². The summed E-state index contributed by atoms with van der Waals surface area (Å²) in [6.07, 6.45) is 2.60. The molecule has 0 radical (unpaired) electrons. The van der Waals surface area contributed by atoms with Crippen LogP contribution in [0.5, 0.6) is 0 Å². The summed E-state index contributed by atoms with van der Waals surface area (Å²) in [5.41, 5.74) is 0. The highest BCUT2D eigenvalue weighted by Crippen LogP contribution is 2.08. The molecule has 0 saturated carbocycles. The van der Waals surface area contributed by atoms with Gasteiger partial charge in [0.25, 0.3) is 0 Å². The predicted octanol–water partition coefficient (Wildman–Crippen LogP) is 2.76.